The molecule has 0 saturated carbocycles. The molecule has 0 bridgehead atoms. The lowest BCUT2D eigenvalue weighted by Gasteiger charge is -2.12. The third-order valence-electron chi connectivity index (χ3n) is 2.14. The van der Waals surface area contributed by atoms with Crippen LogP contribution in [-0.2, 0) is 4.79 Å². The molecular formula is C8H10N6O3S. The number of hydrogen-bond donors (Lipinski definition) is 6. The third-order valence-corrected chi connectivity index (χ3v) is 2.51. The fraction of sp³-hybridized carbons (Fsp3) is 0.250. The summed E-state index contributed by atoms with van der Waals surface area (Å²) in [5, 5.41) is 8.78. The zero-order valence-electron chi connectivity index (χ0n) is 8.97. The number of aromatic nitrogens is 4. The number of aliphatic carboxylic acids is 1. The van der Waals surface area contributed by atoms with Crippen molar-refractivity contribution >= 4 is 35.7 Å². The minimum absolute atomic E-state index is 0.0765. The third kappa shape index (κ3) is 2.43. The van der Waals surface area contributed by atoms with Gasteiger partial charge in [-0.25, -0.2) is 10.4 Å². The number of nitrogens with zero attached hydrogens (tertiary/aromatic N) is 2. The van der Waals surface area contributed by atoms with Crippen LogP contribution in [0, 0.1) is 0 Å². The summed E-state index contributed by atoms with van der Waals surface area (Å²) in [7, 11) is 0. The molecule has 2 aromatic rings. The largest absolute Gasteiger partial charge is 0.480 e. The van der Waals surface area contributed by atoms with Gasteiger partial charge in [0.2, 0.25) is 5.95 Å². The number of anilines is 1. The number of H-pyrrole nitrogens is 2. The molecule has 0 saturated heterocycles. The Hall–Kier alpha value is -2.07. The molecule has 0 amide bonds. The van der Waals surface area contributed by atoms with Crippen LogP contribution in [0.15, 0.2) is 11.1 Å². The summed E-state index contributed by atoms with van der Waals surface area (Å²) in [6, 6.07) is -0.909. The Labute approximate surface area is 105 Å². The van der Waals surface area contributed by atoms with Crippen LogP contribution in [0.4, 0.5) is 5.95 Å². The molecule has 0 unspecified atom stereocenters. The van der Waals surface area contributed by atoms with Gasteiger partial charge in [0.1, 0.15) is 6.04 Å². The first-order valence-electron chi connectivity index (χ1n) is 4.90. The Balaban J connectivity index is 2.17. The van der Waals surface area contributed by atoms with Gasteiger partial charge in [-0.3, -0.25) is 20.0 Å². The van der Waals surface area contributed by atoms with Gasteiger partial charge < -0.3 is 10.1 Å². The van der Waals surface area contributed by atoms with Crippen molar-refractivity contribution in [2.75, 3.05) is 11.2 Å². The molecule has 1 atom stereocenters. The first-order valence-corrected chi connectivity index (χ1v) is 5.53. The van der Waals surface area contributed by atoms with Crippen molar-refractivity contribution in [2.45, 2.75) is 6.04 Å². The molecule has 18 heavy (non-hydrogen) atoms. The molecule has 5 N–H and O–H groups in total. The predicted molar refractivity (Wildman–Crippen MR) is 66.5 cm³/mol. The van der Waals surface area contributed by atoms with Crippen LogP contribution < -0.4 is 16.4 Å². The zero-order valence-corrected chi connectivity index (χ0v) is 9.86. The number of nitrogens with one attached hydrogen (secondary N) is 4. The molecule has 96 valence electrons. The Bertz CT molecular complexity index is 623. The number of rotatable bonds is 5. The highest BCUT2D eigenvalue weighted by atomic mass is 32.1. The number of carbonyl (C=O) groups is 1. The molecular weight excluding hydrogens is 260 g/mol. The molecule has 0 aliphatic heterocycles. The van der Waals surface area contributed by atoms with Crippen LogP contribution in [0.1, 0.15) is 0 Å². The van der Waals surface area contributed by atoms with Crippen molar-refractivity contribution in [1.82, 2.24) is 25.4 Å². The maximum atomic E-state index is 11.5. The number of hydrazine groups is 1. The van der Waals surface area contributed by atoms with E-state index in [1.54, 1.807) is 0 Å². The average molecular weight is 270 g/mol. The highest BCUT2D eigenvalue weighted by molar-refractivity contribution is 7.80. The summed E-state index contributed by atoms with van der Waals surface area (Å²) in [6.07, 6.45) is 1.35. The molecule has 10 heteroatoms. The maximum Gasteiger partial charge on any atom is 0.323 e. The van der Waals surface area contributed by atoms with Crippen molar-refractivity contribution in [1.29, 1.82) is 0 Å². The molecule has 0 radical (unpaired) electrons. The van der Waals surface area contributed by atoms with Gasteiger partial charge in [-0.15, -0.1) is 0 Å². The van der Waals surface area contributed by atoms with Crippen molar-refractivity contribution < 1.29 is 9.90 Å². The standard InChI is InChI=1S/C8H10N6O3S/c15-6-4-5(10-2-9-4)11-8(12-6)14-13-3(1-18)7(16)17/h2-3,13,18H,1H2,(H,16,17)(H3,9,10,11,12,14,15)/t3-/m0/s1. The lowest BCUT2D eigenvalue weighted by atomic mass is 10.4. The number of carboxylic acids is 1. The molecule has 0 fully saturated rings. The molecule has 2 heterocycles. The minimum Gasteiger partial charge on any atom is -0.480 e. The van der Waals surface area contributed by atoms with Crippen LogP contribution in [0.2, 0.25) is 0 Å². The van der Waals surface area contributed by atoms with E-state index < -0.39 is 17.6 Å². The first kappa shape index (κ1) is 12.4. The summed E-state index contributed by atoms with van der Waals surface area (Å²) in [6.45, 7) is 0. The normalized spacial score (nSPS) is 12.5. The molecule has 2 rings (SSSR count). The fourth-order valence-corrected chi connectivity index (χ4v) is 1.49. The van der Waals surface area contributed by atoms with Gasteiger partial charge >= 0.3 is 5.97 Å². The SMILES string of the molecule is O=C(O)[C@H](CS)NNc1nc2nc[nH]c2c(=O)[nH]1. The fourth-order valence-electron chi connectivity index (χ4n) is 1.24. The Morgan fingerprint density at radius 2 is 2.39 bits per heavy atom. The molecule has 0 aromatic carbocycles. The van der Waals surface area contributed by atoms with Gasteiger partial charge in [0.05, 0.1) is 6.33 Å². The Morgan fingerprint density at radius 1 is 1.61 bits per heavy atom. The molecule has 0 aliphatic rings. The van der Waals surface area contributed by atoms with E-state index in [0.717, 1.165) is 0 Å². The number of aromatic amines is 2. The van der Waals surface area contributed by atoms with Crippen LogP contribution in [-0.4, -0.2) is 42.8 Å². The molecule has 0 aliphatic carbocycles. The summed E-state index contributed by atoms with van der Waals surface area (Å²) < 4.78 is 0. The topological polar surface area (TPSA) is 136 Å². The second-order valence-corrected chi connectivity index (χ2v) is 3.72. The zero-order chi connectivity index (χ0) is 13.1. The van der Waals surface area contributed by atoms with Gasteiger partial charge in [0, 0.05) is 5.75 Å². The second kappa shape index (κ2) is 5.06. The van der Waals surface area contributed by atoms with E-state index in [1.165, 1.54) is 6.33 Å². The lowest BCUT2D eigenvalue weighted by Crippen LogP contribution is -2.42. The van der Waals surface area contributed by atoms with Crippen molar-refractivity contribution in [3.63, 3.8) is 0 Å². The van der Waals surface area contributed by atoms with E-state index in [1.807, 2.05) is 0 Å². The highest BCUT2D eigenvalue weighted by Gasteiger charge is 2.15. The second-order valence-electron chi connectivity index (χ2n) is 3.36. The minimum atomic E-state index is -1.07. The van der Waals surface area contributed by atoms with E-state index >= 15 is 0 Å². The molecule has 2 aromatic heterocycles. The van der Waals surface area contributed by atoms with Crippen LogP contribution >= 0.6 is 12.6 Å². The van der Waals surface area contributed by atoms with Gasteiger partial charge in [-0.05, 0) is 0 Å². The van der Waals surface area contributed by atoms with Crippen molar-refractivity contribution in [3.05, 3.63) is 16.7 Å². The number of fused-ring (bicyclic) bond motifs is 1. The summed E-state index contributed by atoms with van der Waals surface area (Å²) in [4.78, 5) is 35.1. The summed E-state index contributed by atoms with van der Waals surface area (Å²) in [5.74, 6) is -0.912. The number of hydrogen-bond acceptors (Lipinski definition) is 7. The Morgan fingerprint density at radius 3 is 3.06 bits per heavy atom. The van der Waals surface area contributed by atoms with Gasteiger partial charge in [0.25, 0.3) is 5.56 Å². The van der Waals surface area contributed by atoms with Crippen LogP contribution in [0.5, 0.6) is 0 Å². The van der Waals surface area contributed by atoms with Gasteiger partial charge in [-0.1, -0.05) is 0 Å². The smallest absolute Gasteiger partial charge is 0.323 e. The quantitative estimate of drug-likeness (QED) is 0.301. The van der Waals surface area contributed by atoms with E-state index in [0.29, 0.717) is 0 Å². The monoisotopic (exact) mass is 270 g/mol. The first-order chi connectivity index (χ1) is 8.61. The van der Waals surface area contributed by atoms with E-state index in [-0.39, 0.29) is 22.9 Å². The molecule has 9 nitrogen and oxygen atoms in total. The van der Waals surface area contributed by atoms with Crippen molar-refractivity contribution in [2.24, 2.45) is 0 Å². The van der Waals surface area contributed by atoms with Crippen LogP contribution in [0.25, 0.3) is 11.2 Å². The van der Waals surface area contributed by atoms with E-state index in [9.17, 15) is 9.59 Å². The average Bonchev–Trinajstić information content (AvgIpc) is 2.78. The van der Waals surface area contributed by atoms with E-state index in [4.69, 9.17) is 5.11 Å². The Kier molecular flexibility index (Phi) is 3.48. The van der Waals surface area contributed by atoms with E-state index in [2.05, 4.69) is 43.4 Å². The van der Waals surface area contributed by atoms with Gasteiger partial charge in [-0.2, -0.15) is 17.6 Å². The number of thiol groups is 1. The lowest BCUT2D eigenvalue weighted by molar-refractivity contribution is -0.138. The predicted octanol–water partition coefficient (Wildman–Crippen LogP) is -1.05. The summed E-state index contributed by atoms with van der Waals surface area (Å²) >= 11 is 3.88. The number of carboxylic acid groups (broad SMARTS) is 1. The summed E-state index contributed by atoms with van der Waals surface area (Å²) in [5.41, 5.74) is 5.06. The maximum absolute atomic E-state index is 11.5. The van der Waals surface area contributed by atoms with Gasteiger partial charge in [0.15, 0.2) is 11.2 Å². The molecule has 0 spiro atoms. The van der Waals surface area contributed by atoms with Crippen molar-refractivity contribution in [3.8, 4) is 0 Å². The van der Waals surface area contributed by atoms with Crippen LogP contribution in [0.3, 0.4) is 0 Å². The number of imidazole rings is 1. The highest BCUT2D eigenvalue weighted by Crippen LogP contribution is 2.02.